The Morgan fingerprint density at radius 1 is 0.786 bits per heavy atom. The molecule has 28 heavy (non-hydrogen) atoms. The molecule has 0 radical (unpaired) electrons. The van der Waals surface area contributed by atoms with Gasteiger partial charge in [0.05, 0.1) is 0 Å². The summed E-state index contributed by atoms with van der Waals surface area (Å²) in [6, 6.07) is 22.6. The maximum Gasteiger partial charge on any atom is 0.0234 e. The first-order valence-corrected chi connectivity index (χ1v) is 11.2. The first kappa shape index (κ1) is 19.6. The van der Waals surface area contributed by atoms with Crippen molar-refractivity contribution in [3.8, 4) is 0 Å². The van der Waals surface area contributed by atoms with Crippen LogP contribution in [-0.4, -0.2) is 55.1 Å². The summed E-state index contributed by atoms with van der Waals surface area (Å²) in [6.45, 7) is 8.28. The van der Waals surface area contributed by atoms with Crippen LogP contribution in [0.15, 0.2) is 60.7 Å². The van der Waals surface area contributed by atoms with Gasteiger partial charge in [-0.1, -0.05) is 67.1 Å². The van der Waals surface area contributed by atoms with Crippen LogP contribution in [-0.2, 0) is 6.54 Å². The third-order valence-corrected chi connectivity index (χ3v) is 6.46. The monoisotopic (exact) mass is 377 g/mol. The molecule has 0 unspecified atom stereocenters. The highest BCUT2D eigenvalue weighted by atomic mass is 15.2. The van der Waals surface area contributed by atoms with Gasteiger partial charge in [0.2, 0.25) is 0 Å². The zero-order valence-corrected chi connectivity index (χ0v) is 17.1. The molecule has 2 aromatic carbocycles. The number of hydrogen-bond donors (Lipinski definition) is 1. The Kier molecular flexibility index (Phi) is 7.15. The molecule has 2 aromatic rings. The number of hydrogen-bond acceptors (Lipinski definition) is 3. The molecule has 4 rings (SSSR count). The zero-order valence-electron chi connectivity index (χ0n) is 17.1. The normalized spacial score (nSPS) is 24.3. The quantitative estimate of drug-likeness (QED) is 0.783. The van der Waals surface area contributed by atoms with E-state index in [0.29, 0.717) is 12.0 Å². The summed E-state index contributed by atoms with van der Waals surface area (Å²) < 4.78 is 0. The van der Waals surface area contributed by atoms with Crippen molar-refractivity contribution < 1.29 is 0 Å². The van der Waals surface area contributed by atoms with E-state index in [0.717, 1.165) is 19.6 Å². The molecule has 0 bridgehead atoms. The summed E-state index contributed by atoms with van der Waals surface area (Å²) in [5.74, 6) is 0.569. The first-order chi connectivity index (χ1) is 13.9. The Morgan fingerprint density at radius 2 is 1.50 bits per heavy atom. The van der Waals surface area contributed by atoms with Crippen molar-refractivity contribution in [1.82, 2.24) is 15.1 Å². The predicted molar refractivity (Wildman–Crippen MR) is 118 cm³/mol. The molecule has 0 aromatic heterocycles. The molecule has 150 valence electrons. The number of nitrogens with zero attached hydrogens (tertiary/aromatic N) is 2. The van der Waals surface area contributed by atoms with Gasteiger partial charge in [-0.3, -0.25) is 4.90 Å². The second-order valence-electron chi connectivity index (χ2n) is 8.49. The average molecular weight is 378 g/mol. The molecule has 3 heteroatoms. The standard InChI is InChI=1S/C25H35N3/c1-4-10-22(11-5-1)20-28-18-14-25(24(21-28)23-12-6-2-7-13-23)26-15-19-27-16-8-3-9-17-27/h1-2,4-7,10-13,24-26H,3,8-9,14-21H2/t24-,25-/m0/s1. The maximum atomic E-state index is 3.93. The van der Waals surface area contributed by atoms with E-state index in [-0.39, 0.29) is 0 Å². The van der Waals surface area contributed by atoms with Crippen molar-refractivity contribution in [2.75, 3.05) is 39.3 Å². The fourth-order valence-corrected chi connectivity index (χ4v) is 4.88. The Morgan fingerprint density at radius 3 is 2.25 bits per heavy atom. The van der Waals surface area contributed by atoms with Gasteiger partial charge in [-0.15, -0.1) is 0 Å². The smallest absolute Gasteiger partial charge is 0.0234 e. The first-order valence-electron chi connectivity index (χ1n) is 11.2. The topological polar surface area (TPSA) is 18.5 Å². The van der Waals surface area contributed by atoms with Crippen molar-refractivity contribution in [3.05, 3.63) is 71.8 Å². The summed E-state index contributed by atoms with van der Waals surface area (Å²) in [7, 11) is 0. The molecule has 2 saturated heterocycles. The Labute approximate surface area is 170 Å². The van der Waals surface area contributed by atoms with Gasteiger partial charge in [0.15, 0.2) is 0 Å². The van der Waals surface area contributed by atoms with Gasteiger partial charge in [-0.2, -0.15) is 0 Å². The van der Waals surface area contributed by atoms with Crippen molar-refractivity contribution in [2.45, 2.75) is 44.2 Å². The third-order valence-electron chi connectivity index (χ3n) is 6.46. The Hall–Kier alpha value is -1.68. The van der Waals surface area contributed by atoms with Crippen molar-refractivity contribution >= 4 is 0 Å². The van der Waals surface area contributed by atoms with E-state index in [4.69, 9.17) is 0 Å². The fraction of sp³-hybridized carbons (Fsp3) is 0.520. The van der Waals surface area contributed by atoms with Crippen LogP contribution in [0.1, 0.15) is 42.7 Å². The van der Waals surface area contributed by atoms with Gasteiger partial charge < -0.3 is 10.2 Å². The minimum atomic E-state index is 0.569. The van der Waals surface area contributed by atoms with E-state index in [1.54, 1.807) is 0 Å². The molecule has 3 nitrogen and oxygen atoms in total. The lowest BCUT2D eigenvalue weighted by atomic mass is 9.85. The maximum absolute atomic E-state index is 3.93. The van der Waals surface area contributed by atoms with Gasteiger partial charge in [-0.25, -0.2) is 0 Å². The molecule has 2 aliphatic rings. The van der Waals surface area contributed by atoms with E-state index >= 15 is 0 Å². The Balaban J connectivity index is 1.36. The van der Waals surface area contributed by atoms with E-state index in [1.165, 1.54) is 63.0 Å². The highest BCUT2D eigenvalue weighted by Gasteiger charge is 2.30. The number of nitrogens with one attached hydrogen (secondary N) is 1. The predicted octanol–water partition coefficient (Wildman–Crippen LogP) is 4.12. The van der Waals surface area contributed by atoms with Gasteiger partial charge in [0.25, 0.3) is 0 Å². The van der Waals surface area contributed by atoms with E-state index in [1.807, 2.05) is 0 Å². The average Bonchev–Trinajstić information content (AvgIpc) is 2.77. The van der Waals surface area contributed by atoms with Crippen LogP contribution in [0, 0.1) is 0 Å². The second kappa shape index (κ2) is 10.2. The number of piperidine rings is 2. The summed E-state index contributed by atoms with van der Waals surface area (Å²) in [5.41, 5.74) is 2.90. The summed E-state index contributed by atoms with van der Waals surface area (Å²) >= 11 is 0. The van der Waals surface area contributed by atoms with Crippen molar-refractivity contribution in [3.63, 3.8) is 0 Å². The van der Waals surface area contributed by atoms with E-state index in [9.17, 15) is 0 Å². The van der Waals surface area contributed by atoms with Crippen LogP contribution in [0.3, 0.4) is 0 Å². The SMILES string of the molecule is c1ccc(CN2CC[C@H](NCCN3CCCCC3)[C@H](c3ccccc3)C2)cc1. The molecular formula is C25H35N3. The number of benzene rings is 2. The lowest BCUT2D eigenvalue weighted by Crippen LogP contribution is -2.49. The number of rotatable bonds is 7. The van der Waals surface area contributed by atoms with Crippen LogP contribution < -0.4 is 5.32 Å². The molecule has 0 saturated carbocycles. The summed E-state index contributed by atoms with van der Waals surface area (Å²) in [5, 5.41) is 3.93. The Bertz CT molecular complexity index is 681. The molecule has 2 fully saturated rings. The molecular weight excluding hydrogens is 342 g/mol. The molecule has 0 aliphatic carbocycles. The van der Waals surface area contributed by atoms with Crippen molar-refractivity contribution in [2.24, 2.45) is 0 Å². The minimum Gasteiger partial charge on any atom is -0.312 e. The molecule has 2 aliphatic heterocycles. The van der Waals surface area contributed by atoms with Crippen molar-refractivity contribution in [1.29, 1.82) is 0 Å². The van der Waals surface area contributed by atoms with Crippen LogP contribution in [0.5, 0.6) is 0 Å². The fourth-order valence-electron chi connectivity index (χ4n) is 4.88. The van der Waals surface area contributed by atoms with Gasteiger partial charge in [0.1, 0.15) is 0 Å². The van der Waals surface area contributed by atoms with Crippen LogP contribution in [0.4, 0.5) is 0 Å². The summed E-state index contributed by atoms with van der Waals surface area (Å²) in [6.07, 6.45) is 5.40. The molecule has 0 spiro atoms. The second-order valence-corrected chi connectivity index (χ2v) is 8.49. The lowest BCUT2D eigenvalue weighted by molar-refractivity contribution is 0.161. The minimum absolute atomic E-state index is 0.569. The third kappa shape index (κ3) is 5.44. The van der Waals surface area contributed by atoms with E-state index < -0.39 is 0 Å². The molecule has 0 amide bonds. The lowest BCUT2D eigenvalue weighted by Gasteiger charge is -2.40. The molecule has 1 N–H and O–H groups in total. The largest absolute Gasteiger partial charge is 0.312 e. The highest BCUT2D eigenvalue weighted by molar-refractivity contribution is 5.23. The van der Waals surface area contributed by atoms with E-state index in [2.05, 4.69) is 75.8 Å². The number of likely N-dealkylation sites (tertiary alicyclic amines) is 2. The zero-order chi connectivity index (χ0) is 19.0. The molecule has 2 atom stereocenters. The van der Waals surface area contributed by atoms with Crippen LogP contribution >= 0.6 is 0 Å². The van der Waals surface area contributed by atoms with Gasteiger partial charge in [0, 0.05) is 44.7 Å². The van der Waals surface area contributed by atoms with Crippen LogP contribution in [0.2, 0.25) is 0 Å². The van der Waals surface area contributed by atoms with Gasteiger partial charge in [-0.05, 0) is 43.5 Å². The van der Waals surface area contributed by atoms with Crippen LogP contribution in [0.25, 0.3) is 0 Å². The van der Waals surface area contributed by atoms with Gasteiger partial charge >= 0.3 is 0 Å². The summed E-state index contributed by atoms with van der Waals surface area (Å²) in [4.78, 5) is 5.27. The molecule has 2 heterocycles. The highest BCUT2D eigenvalue weighted by Crippen LogP contribution is 2.28.